The summed E-state index contributed by atoms with van der Waals surface area (Å²) in [5.74, 6) is -0.105. The lowest BCUT2D eigenvalue weighted by Crippen LogP contribution is -2.06. The summed E-state index contributed by atoms with van der Waals surface area (Å²) < 4.78 is 0. The van der Waals surface area contributed by atoms with Crippen molar-refractivity contribution in [2.24, 2.45) is 5.92 Å². The SMILES string of the molecule is CCCCC(CC)C/C(CC)=C(\C)C(=O)O. The van der Waals surface area contributed by atoms with E-state index >= 15 is 0 Å². The Morgan fingerprint density at radius 3 is 2.25 bits per heavy atom. The molecule has 0 amide bonds. The van der Waals surface area contributed by atoms with E-state index in [0.717, 1.165) is 24.8 Å². The molecule has 0 radical (unpaired) electrons. The van der Waals surface area contributed by atoms with E-state index in [0.29, 0.717) is 11.5 Å². The molecule has 0 fully saturated rings. The van der Waals surface area contributed by atoms with Gasteiger partial charge in [-0.1, -0.05) is 52.0 Å². The van der Waals surface area contributed by atoms with Crippen molar-refractivity contribution in [2.45, 2.75) is 66.2 Å². The van der Waals surface area contributed by atoms with Gasteiger partial charge >= 0.3 is 5.97 Å². The van der Waals surface area contributed by atoms with Crippen LogP contribution >= 0.6 is 0 Å². The number of rotatable bonds is 8. The van der Waals surface area contributed by atoms with Gasteiger partial charge in [0.25, 0.3) is 0 Å². The third-order valence-corrected chi connectivity index (χ3v) is 3.36. The fourth-order valence-electron chi connectivity index (χ4n) is 2.01. The summed E-state index contributed by atoms with van der Waals surface area (Å²) in [5, 5.41) is 8.99. The Kier molecular flexibility index (Phi) is 7.96. The average Bonchev–Trinajstić information content (AvgIpc) is 2.28. The number of hydrogen-bond acceptors (Lipinski definition) is 1. The maximum absolute atomic E-state index is 10.9. The van der Waals surface area contributed by atoms with Crippen molar-refractivity contribution in [2.75, 3.05) is 0 Å². The second kappa shape index (κ2) is 8.37. The van der Waals surface area contributed by atoms with Gasteiger partial charge in [0.05, 0.1) is 0 Å². The number of hydrogen-bond donors (Lipinski definition) is 1. The van der Waals surface area contributed by atoms with E-state index in [2.05, 4.69) is 13.8 Å². The first-order valence-corrected chi connectivity index (χ1v) is 6.48. The lowest BCUT2D eigenvalue weighted by molar-refractivity contribution is -0.132. The van der Waals surface area contributed by atoms with E-state index in [9.17, 15) is 4.79 Å². The Morgan fingerprint density at radius 1 is 1.25 bits per heavy atom. The number of unbranched alkanes of at least 4 members (excludes halogenated alkanes) is 1. The van der Waals surface area contributed by atoms with Gasteiger partial charge in [0.15, 0.2) is 0 Å². The highest BCUT2D eigenvalue weighted by molar-refractivity contribution is 5.86. The summed E-state index contributed by atoms with van der Waals surface area (Å²) >= 11 is 0. The highest BCUT2D eigenvalue weighted by Crippen LogP contribution is 2.25. The van der Waals surface area contributed by atoms with Crippen molar-refractivity contribution in [1.82, 2.24) is 0 Å². The quantitative estimate of drug-likeness (QED) is 0.623. The first kappa shape index (κ1) is 15.2. The second-order valence-corrected chi connectivity index (χ2v) is 4.51. The maximum atomic E-state index is 10.9. The van der Waals surface area contributed by atoms with Crippen LogP contribution in [0.25, 0.3) is 0 Å². The Balaban J connectivity index is 4.50. The minimum Gasteiger partial charge on any atom is -0.478 e. The molecule has 0 saturated carbocycles. The third-order valence-electron chi connectivity index (χ3n) is 3.36. The molecule has 0 rings (SSSR count). The number of carbonyl (C=O) groups is 1. The molecule has 2 nitrogen and oxygen atoms in total. The van der Waals surface area contributed by atoms with Crippen LogP contribution in [-0.4, -0.2) is 11.1 Å². The monoisotopic (exact) mass is 226 g/mol. The van der Waals surface area contributed by atoms with Crippen LogP contribution in [0.2, 0.25) is 0 Å². The standard InChI is InChI=1S/C14H26O2/c1-5-8-9-12(6-2)10-13(7-3)11(4)14(15)16/h12H,5-10H2,1-4H3,(H,15,16)/b13-11+. The Morgan fingerprint density at radius 2 is 1.88 bits per heavy atom. The first-order chi connectivity index (χ1) is 7.56. The molecule has 0 aliphatic carbocycles. The minimum absolute atomic E-state index is 0.553. The lowest BCUT2D eigenvalue weighted by Gasteiger charge is -2.17. The average molecular weight is 226 g/mol. The van der Waals surface area contributed by atoms with Crippen molar-refractivity contribution in [1.29, 1.82) is 0 Å². The summed E-state index contributed by atoms with van der Waals surface area (Å²) in [7, 11) is 0. The van der Waals surface area contributed by atoms with Crippen molar-refractivity contribution >= 4 is 5.97 Å². The Bertz CT molecular complexity index is 241. The van der Waals surface area contributed by atoms with Gasteiger partial charge in [-0.15, -0.1) is 0 Å². The van der Waals surface area contributed by atoms with Crippen molar-refractivity contribution in [3.05, 3.63) is 11.1 Å². The Hall–Kier alpha value is -0.790. The Labute approximate surface area is 99.7 Å². The molecule has 1 N–H and O–H groups in total. The molecule has 0 spiro atoms. The van der Waals surface area contributed by atoms with Gasteiger partial charge in [-0.2, -0.15) is 0 Å². The molecule has 0 aromatic heterocycles. The summed E-state index contributed by atoms with van der Waals surface area (Å²) in [6.45, 7) is 8.18. The van der Waals surface area contributed by atoms with Crippen LogP contribution in [0.4, 0.5) is 0 Å². The van der Waals surface area contributed by atoms with E-state index in [4.69, 9.17) is 5.11 Å². The van der Waals surface area contributed by atoms with Crippen LogP contribution in [-0.2, 0) is 4.79 Å². The summed E-state index contributed by atoms with van der Waals surface area (Å²) in [6, 6.07) is 0. The molecule has 0 aliphatic rings. The predicted molar refractivity (Wildman–Crippen MR) is 68.5 cm³/mol. The van der Waals surface area contributed by atoms with Gasteiger partial charge in [0.1, 0.15) is 0 Å². The maximum Gasteiger partial charge on any atom is 0.331 e. The largest absolute Gasteiger partial charge is 0.478 e. The highest BCUT2D eigenvalue weighted by atomic mass is 16.4. The minimum atomic E-state index is -0.762. The van der Waals surface area contributed by atoms with Gasteiger partial charge in [0, 0.05) is 5.57 Å². The van der Waals surface area contributed by atoms with Crippen molar-refractivity contribution < 1.29 is 9.90 Å². The summed E-state index contributed by atoms with van der Waals surface area (Å²) in [5.41, 5.74) is 1.67. The molecule has 1 atom stereocenters. The van der Waals surface area contributed by atoms with Crippen LogP contribution in [0.15, 0.2) is 11.1 Å². The summed E-state index contributed by atoms with van der Waals surface area (Å²) in [4.78, 5) is 10.9. The van der Waals surface area contributed by atoms with Gasteiger partial charge in [-0.05, 0) is 25.7 Å². The molecular formula is C14H26O2. The van der Waals surface area contributed by atoms with Crippen molar-refractivity contribution in [3.8, 4) is 0 Å². The van der Waals surface area contributed by atoms with Gasteiger partial charge in [-0.25, -0.2) is 4.79 Å². The number of carboxylic acid groups (broad SMARTS) is 1. The molecule has 1 unspecified atom stereocenters. The van der Waals surface area contributed by atoms with Crippen LogP contribution < -0.4 is 0 Å². The smallest absolute Gasteiger partial charge is 0.331 e. The molecule has 0 aliphatic heterocycles. The zero-order valence-electron chi connectivity index (χ0n) is 11.2. The molecule has 0 heterocycles. The van der Waals surface area contributed by atoms with Crippen LogP contribution in [0.5, 0.6) is 0 Å². The fourth-order valence-corrected chi connectivity index (χ4v) is 2.01. The highest BCUT2D eigenvalue weighted by Gasteiger charge is 2.13. The normalized spacial score (nSPS) is 14.5. The third kappa shape index (κ3) is 5.34. The topological polar surface area (TPSA) is 37.3 Å². The van der Waals surface area contributed by atoms with E-state index in [-0.39, 0.29) is 0 Å². The van der Waals surface area contributed by atoms with E-state index in [1.807, 2.05) is 6.92 Å². The van der Waals surface area contributed by atoms with Gasteiger partial charge < -0.3 is 5.11 Å². The molecule has 94 valence electrons. The van der Waals surface area contributed by atoms with E-state index < -0.39 is 5.97 Å². The van der Waals surface area contributed by atoms with E-state index in [1.165, 1.54) is 19.3 Å². The van der Waals surface area contributed by atoms with Crippen LogP contribution in [0, 0.1) is 5.92 Å². The van der Waals surface area contributed by atoms with Crippen LogP contribution in [0.3, 0.4) is 0 Å². The molecule has 0 aromatic rings. The summed E-state index contributed by atoms with van der Waals surface area (Å²) in [6.07, 6.45) is 6.67. The number of carboxylic acids is 1. The molecule has 0 bridgehead atoms. The van der Waals surface area contributed by atoms with Gasteiger partial charge in [-0.3, -0.25) is 0 Å². The molecule has 0 saturated heterocycles. The molecule has 0 aromatic carbocycles. The number of allylic oxidation sites excluding steroid dienone is 1. The van der Waals surface area contributed by atoms with Crippen molar-refractivity contribution in [3.63, 3.8) is 0 Å². The predicted octanol–water partition coefficient (Wildman–Crippen LogP) is 4.40. The number of aliphatic carboxylic acids is 1. The lowest BCUT2D eigenvalue weighted by atomic mass is 9.89. The van der Waals surface area contributed by atoms with Gasteiger partial charge in [0.2, 0.25) is 0 Å². The van der Waals surface area contributed by atoms with E-state index in [1.54, 1.807) is 6.92 Å². The molecule has 16 heavy (non-hydrogen) atoms. The molecular weight excluding hydrogens is 200 g/mol. The zero-order chi connectivity index (χ0) is 12.6. The molecule has 2 heteroatoms. The zero-order valence-corrected chi connectivity index (χ0v) is 11.2. The fraction of sp³-hybridized carbons (Fsp3) is 0.786. The second-order valence-electron chi connectivity index (χ2n) is 4.51. The van der Waals surface area contributed by atoms with Crippen LogP contribution in [0.1, 0.15) is 66.2 Å². The first-order valence-electron chi connectivity index (χ1n) is 6.48.